The Morgan fingerprint density at radius 2 is 1.45 bits per heavy atom. The predicted octanol–water partition coefficient (Wildman–Crippen LogP) is 4.56. The monoisotopic (exact) mass is 535 g/mol. The largest absolute Gasteiger partial charge is 0.352 e. The number of hydrogen-bond acceptors (Lipinski definition) is 4. The zero-order chi connectivity index (χ0) is 27.7. The summed E-state index contributed by atoms with van der Waals surface area (Å²) >= 11 is 0. The summed E-state index contributed by atoms with van der Waals surface area (Å²) in [4.78, 5) is 28.4. The first-order chi connectivity index (χ1) is 18.1. The smallest absolute Gasteiger partial charge is 0.264 e. The van der Waals surface area contributed by atoms with Gasteiger partial charge in [0.1, 0.15) is 12.6 Å². The Kier molecular flexibility index (Phi) is 10.1. The van der Waals surface area contributed by atoms with Crippen LogP contribution in [0.3, 0.4) is 0 Å². The Labute approximate surface area is 226 Å². The van der Waals surface area contributed by atoms with Crippen molar-refractivity contribution >= 4 is 27.5 Å². The quantitative estimate of drug-likeness (QED) is 0.368. The van der Waals surface area contributed by atoms with Gasteiger partial charge in [-0.15, -0.1) is 0 Å². The Morgan fingerprint density at radius 1 is 0.868 bits per heavy atom. The number of nitrogens with one attached hydrogen (secondary N) is 1. The lowest BCUT2D eigenvalue weighted by molar-refractivity contribution is -0.139. The third kappa shape index (κ3) is 7.44. The number of amides is 2. The van der Waals surface area contributed by atoms with Crippen LogP contribution in [0.1, 0.15) is 38.3 Å². The molecular formula is C30H37N3O4S. The van der Waals surface area contributed by atoms with E-state index in [4.69, 9.17) is 0 Å². The minimum Gasteiger partial charge on any atom is -0.352 e. The number of sulfonamides is 1. The maximum absolute atomic E-state index is 13.8. The highest BCUT2D eigenvalue weighted by Crippen LogP contribution is 2.24. The van der Waals surface area contributed by atoms with Gasteiger partial charge in [0.2, 0.25) is 11.8 Å². The lowest BCUT2D eigenvalue weighted by atomic mass is 10.1. The van der Waals surface area contributed by atoms with E-state index in [9.17, 15) is 18.0 Å². The molecular weight excluding hydrogens is 498 g/mol. The van der Waals surface area contributed by atoms with Gasteiger partial charge in [0.15, 0.2) is 0 Å². The van der Waals surface area contributed by atoms with E-state index in [1.165, 1.54) is 4.90 Å². The Balaban J connectivity index is 1.94. The van der Waals surface area contributed by atoms with E-state index in [2.05, 4.69) is 5.32 Å². The summed E-state index contributed by atoms with van der Waals surface area (Å²) in [6.45, 7) is 7.28. The summed E-state index contributed by atoms with van der Waals surface area (Å²) in [6.07, 6.45) is 1.29. The second-order valence-electron chi connectivity index (χ2n) is 9.48. The summed E-state index contributed by atoms with van der Waals surface area (Å²) in [6, 6.07) is 24.0. The molecule has 0 aromatic heterocycles. The van der Waals surface area contributed by atoms with Crippen LogP contribution >= 0.6 is 0 Å². The zero-order valence-electron chi connectivity index (χ0n) is 22.5. The number of anilines is 1. The van der Waals surface area contributed by atoms with Crippen molar-refractivity contribution in [2.24, 2.45) is 0 Å². The third-order valence-electron chi connectivity index (χ3n) is 6.58. The van der Waals surface area contributed by atoms with Gasteiger partial charge >= 0.3 is 0 Å². The summed E-state index contributed by atoms with van der Waals surface area (Å²) in [5.41, 5.74) is 2.33. The number of hydrogen-bond donors (Lipinski definition) is 1. The minimum absolute atomic E-state index is 0.0428. The number of benzene rings is 3. The summed E-state index contributed by atoms with van der Waals surface area (Å²) in [5, 5.41) is 2.94. The van der Waals surface area contributed by atoms with Gasteiger partial charge in [-0.1, -0.05) is 73.2 Å². The molecule has 38 heavy (non-hydrogen) atoms. The Bertz CT molecular complexity index is 1300. The molecule has 2 amide bonds. The van der Waals surface area contributed by atoms with Crippen molar-refractivity contribution < 1.29 is 18.0 Å². The van der Waals surface area contributed by atoms with E-state index in [1.54, 1.807) is 61.5 Å². The number of para-hydroxylation sites is 1. The van der Waals surface area contributed by atoms with E-state index in [0.717, 1.165) is 21.9 Å². The maximum atomic E-state index is 13.8. The Morgan fingerprint density at radius 3 is 2.03 bits per heavy atom. The highest BCUT2D eigenvalue weighted by Gasteiger charge is 2.32. The fourth-order valence-electron chi connectivity index (χ4n) is 4.00. The van der Waals surface area contributed by atoms with Gasteiger partial charge in [0.25, 0.3) is 10.0 Å². The molecule has 202 valence electrons. The van der Waals surface area contributed by atoms with Crippen LogP contribution in [0.15, 0.2) is 89.8 Å². The normalized spacial score (nSPS) is 12.8. The van der Waals surface area contributed by atoms with Gasteiger partial charge in [0, 0.05) is 12.6 Å². The molecule has 0 fully saturated rings. The van der Waals surface area contributed by atoms with Gasteiger partial charge in [0.05, 0.1) is 10.6 Å². The third-order valence-corrected chi connectivity index (χ3v) is 8.37. The molecule has 0 aliphatic rings. The zero-order valence-corrected chi connectivity index (χ0v) is 23.3. The number of carbonyl (C=O) groups excluding carboxylic acids is 2. The van der Waals surface area contributed by atoms with Crippen molar-refractivity contribution in [2.75, 3.05) is 17.4 Å². The average molecular weight is 536 g/mol. The van der Waals surface area contributed by atoms with Crippen LogP contribution in [0.25, 0.3) is 0 Å². The van der Waals surface area contributed by atoms with Crippen LogP contribution in [0, 0.1) is 6.92 Å². The molecule has 8 heteroatoms. The molecule has 7 nitrogen and oxygen atoms in total. The summed E-state index contributed by atoms with van der Waals surface area (Å²) in [7, 11) is -4.05. The molecule has 0 radical (unpaired) electrons. The van der Waals surface area contributed by atoms with Gasteiger partial charge in [-0.2, -0.15) is 0 Å². The molecule has 0 unspecified atom stereocenters. The molecule has 0 heterocycles. The van der Waals surface area contributed by atoms with Crippen LogP contribution in [0.2, 0.25) is 0 Å². The van der Waals surface area contributed by atoms with Crippen molar-refractivity contribution in [1.29, 1.82) is 0 Å². The van der Waals surface area contributed by atoms with Gasteiger partial charge in [-0.25, -0.2) is 8.42 Å². The van der Waals surface area contributed by atoms with Crippen molar-refractivity contribution in [1.82, 2.24) is 10.2 Å². The highest BCUT2D eigenvalue weighted by molar-refractivity contribution is 7.92. The minimum atomic E-state index is -4.05. The van der Waals surface area contributed by atoms with Crippen LogP contribution in [-0.4, -0.2) is 50.3 Å². The number of rotatable bonds is 12. The van der Waals surface area contributed by atoms with Crippen LogP contribution < -0.4 is 9.62 Å². The van der Waals surface area contributed by atoms with Crippen molar-refractivity contribution in [3.63, 3.8) is 0 Å². The van der Waals surface area contributed by atoms with Crippen molar-refractivity contribution in [2.45, 2.75) is 57.5 Å². The number of nitrogens with zero attached hydrogens (tertiary/aromatic N) is 2. The Hall–Kier alpha value is -3.65. The molecule has 0 aliphatic heterocycles. The highest BCUT2D eigenvalue weighted by atomic mass is 32.2. The molecule has 2 atom stereocenters. The lowest BCUT2D eigenvalue weighted by Gasteiger charge is -2.32. The number of aryl methyl sites for hydroxylation is 1. The topological polar surface area (TPSA) is 86.8 Å². The van der Waals surface area contributed by atoms with Crippen LogP contribution in [0.5, 0.6) is 0 Å². The van der Waals surface area contributed by atoms with Gasteiger partial charge in [-0.05, 0) is 63.4 Å². The fraction of sp³-hybridized carbons (Fsp3) is 0.333. The maximum Gasteiger partial charge on any atom is 0.264 e. The second-order valence-corrected chi connectivity index (χ2v) is 11.3. The molecule has 3 aromatic rings. The summed E-state index contributed by atoms with van der Waals surface area (Å²) in [5.74, 6) is -0.722. The average Bonchev–Trinajstić information content (AvgIpc) is 2.92. The van der Waals surface area contributed by atoms with E-state index in [0.29, 0.717) is 12.1 Å². The molecule has 3 aromatic carbocycles. The first-order valence-corrected chi connectivity index (χ1v) is 14.4. The number of carbonyl (C=O) groups is 2. The molecule has 0 saturated heterocycles. The molecule has 0 saturated carbocycles. The van der Waals surface area contributed by atoms with Crippen LogP contribution in [-0.2, 0) is 26.0 Å². The molecule has 0 spiro atoms. The lowest BCUT2D eigenvalue weighted by Crippen LogP contribution is -2.53. The van der Waals surface area contributed by atoms with Crippen molar-refractivity contribution in [3.05, 3.63) is 96.1 Å². The molecule has 3 rings (SSSR count). The molecule has 0 bridgehead atoms. The summed E-state index contributed by atoms with van der Waals surface area (Å²) < 4.78 is 28.6. The first kappa shape index (κ1) is 28.9. The fourth-order valence-corrected chi connectivity index (χ4v) is 5.41. The van der Waals surface area contributed by atoms with E-state index < -0.39 is 28.5 Å². The first-order valence-electron chi connectivity index (χ1n) is 12.9. The van der Waals surface area contributed by atoms with Gasteiger partial charge in [-0.3, -0.25) is 13.9 Å². The predicted molar refractivity (Wildman–Crippen MR) is 151 cm³/mol. The standard InChI is InChI=1S/C30H37N3O4S/c1-5-24(3)31-30(35)25(4)32(21-20-26-12-8-6-9-13-26)29(34)22-33(27-14-10-7-11-15-27)38(36,37)28-18-16-23(2)17-19-28/h6-19,24-25H,5,20-22H2,1-4H3,(H,31,35)/t24-,25-/m0/s1. The van der Waals surface area contributed by atoms with E-state index in [-0.39, 0.29) is 23.4 Å². The van der Waals surface area contributed by atoms with E-state index in [1.807, 2.05) is 51.1 Å². The van der Waals surface area contributed by atoms with Crippen molar-refractivity contribution in [3.8, 4) is 0 Å². The van der Waals surface area contributed by atoms with Crippen LogP contribution in [0.4, 0.5) is 5.69 Å². The van der Waals surface area contributed by atoms with Gasteiger partial charge < -0.3 is 10.2 Å². The second kappa shape index (κ2) is 13.2. The van der Waals surface area contributed by atoms with E-state index >= 15 is 0 Å². The molecule has 1 N–H and O–H groups in total. The molecule has 0 aliphatic carbocycles. The SMILES string of the molecule is CC[C@H](C)NC(=O)[C@H](C)N(CCc1ccccc1)C(=O)CN(c1ccccc1)S(=O)(=O)c1ccc(C)cc1.